The monoisotopic (exact) mass is 177 g/mol. The largest absolute Gasteiger partial charge is 0.390 e. The molecular weight excluding hydrogens is 162 g/mol. The number of aliphatic hydroxyl groups is 1. The lowest BCUT2D eigenvalue weighted by Crippen LogP contribution is -2.55. The van der Waals surface area contributed by atoms with E-state index in [4.69, 9.17) is 0 Å². The summed E-state index contributed by atoms with van der Waals surface area (Å²) in [7, 11) is 0. The molecule has 4 saturated carbocycles. The highest BCUT2D eigenvalue weighted by molar-refractivity contribution is 5.15. The first-order chi connectivity index (χ1) is 6.13. The maximum atomic E-state index is 10.2. The van der Waals surface area contributed by atoms with E-state index in [1.807, 2.05) is 0 Å². The normalized spacial score (nSPS) is 57.8. The molecule has 0 heterocycles. The summed E-state index contributed by atoms with van der Waals surface area (Å²) in [6.45, 7) is 0. The number of rotatable bonds is 0. The first-order valence-corrected chi connectivity index (χ1v) is 5.27. The van der Waals surface area contributed by atoms with Crippen LogP contribution in [-0.2, 0) is 0 Å². The molecule has 0 saturated heterocycles. The van der Waals surface area contributed by atoms with Gasteiger partial charge in [-0.2, -0.15) is 5.26 Å². The Hall–Kier alpha value is -0.550. The van der Waals surface area contributed by atoms with Crippen LogP contribution in [0.25, 0.3) is 0 Å². The maximum Gasteiger partial charge on any atom is 0.0691 e. The van der Waals surface area contributed by atoms with Gasteiger partial charge >= 0.3 is 0 Å². The molecule has 2 heteroatoms. The van der Waals surface area contributed by atoms with E-state index < -0.39 is 5.60 Å². The van der Waals surface area contributed by atoms with Crippen molar-refractivity contribution in [2.75, 3.05) is 0 Å². The van der Waals surface area contributed by atoms with Gasteiger partial charge in [-0.1, -0.05) is 0 Å². The van der Waals surface area contributed by atoms with E-state index in [1.165, 1.54) is 6.42 Å². The number of nitriles is 1. The Morgan fingerprint density at radius 1 is 1.15 bits per heavy atom. The Bertz CT molecular complexity index is 277. The zero-order chi connectivity index (χ0) is 9.10. The fourth-order valence-electron chi connectivity index (χ4n) is 4.34. The zero-order valence-electron chi connectivity index (χ0n) is 7.79. The zero-order valence-corrected chi connectivity index (χ0v) is 7.79. The van der Waals surface area contributed by atoms with Crippen molar-refractivity contribution in [1.82, 2.24) is 0 Å². The predicted octanol–water partition coefficient (Wildman–Crippen LogP) is 1.84. The van der Waals surface area contributed by atoms with Crippen molar-refractivity contribution in [3.8, 4) is 6.07 Å². The third-order valence-electron chi connectivity index (χ3n) is 4.27. The van der Waals surface area contributed by atoms with Gasteiger partial charge in [0.15, 0.2) is 0 Å². The number of hydrogen-bond acceptors (Lipinski definition) is 2. The molecule has 0 aromatic carbocycles. The third kappa shape index (κ3) is 0.971. The first-order valence-electron chi connectivity index (χ1n) is 5.27. The summed E-state index contributed by atoms with van der Waals surface area (Å²) >= 11 is 0. The molecule has 4 aliphatic carbocycles. The topological polar surface area (TPSA) is 44.0 Å². The van der Waals surface area contributed by atoms with Crippen molar-refractivity contribution in [1.29, 1.82) is 5.26 Å². The van der Waals surface area contributed by atoms with Crippen LogP contribution in [0, 0.1) is 28.6 Å². The quantitative estimate of drug-likeness (QED) is 0.613. The summed E-state index contributed by atoms with van der Waals surface area (Å²) in [5.41, 5.74) is -0.599. The van der Waals surface area contributed by atoms with Gasteiger partial charge in [0.05, 0.1) is 17.1 Å². The van der Waals surface area contributed by atoms with E-state index in [9.17, 15) is 10.4 Å². The first kappa shape index (κ1) is 7.82. The Balaban J connectivity index is 2.01. The summed E-state index contributed by atoms with van der Waals surface area (Å²) in [5, 5.41) is 19.4. The fraction of sp³-hybridized carbons (Fsp3) is 0.909. The lowest BCUT2D eigenvalue weighted by molar-refractivity contribution is -0.145. The molecule has 4 fully saturated rings. The molecule has 13 heavy (non-hydrogen) atoms. The summed E-state index contributed by atoms with van der Waals surface area (Å²) in [6.07, 6.45) is 6.07. The lowest BCUT2D eigenvalue weighted by atomic mass is 9.48. The summed E-state index contributed by atoms with van der Waals surface area (Å²) in [5.74, 6) is 1.29. The highest BCUT2D eigenvalue weighted by atomic mass is 16.3. The van der Waals surface area contributed by atoms with Gasteiger partial charge in [-0.3, -0.25) is 0 Å². The lowest BCUT2D eigenvalue weighted by Gasteiger charge is -2.57. The molecule has 4 rings (SSSR count). The minimum absolute atomic E-state index is 0.140. The summed E-state index contributed by atoms with van der Waals surface area (Å²) in [4.78, 5) is 0. The highest BCUT2D eigenvalue weighted by Crippen LogP contribution is 2.61. The van der Waals surface area contributed by atoms with Crippen molar-refractivity contribution < 1.29 is 5.11 Å². The van der Waals surface area contributed by atoms with Crippen LogP contribution in [0.5, 0.6) is 0 Å². The van der Waals surface area contributed by atoms with Gasteiger partial charge in [-0.15, -0.1) is 0 Å². The Labute approximate surface area is 78.6 Å². The Morgan fingerprint density at radius 2 is 1.77 bits per heavy atom. The number of nitrogens with zero attached hydrogens (tertiary/aromatic N) is 1. The van der Waals surface area contributed by atoms with Crippen LogP contribution >= 0.6 is 0 Å². The van der Waals surface area contributed by atoms with Crippen molar-refractivity contribution >= 4 is 0 Å². The van der Waals surface area contributed by atoms with Crippen LogP contribution in [0.15, 0.2) is 0 Å². The molecule has 0 radical (unpaired) electrons. The van der Waals surface area contributed by atoms with E-state index in [-0.39, 0.29) is 5.41 Å². The van der Waals surface area contributed by atoms with Gasteiger partial charge in [0, 0.05) is 0 Å². The van der Waals surface area contributed by atoms with E-state index in [0.29, 0.717) is 11.8 Å². The average molecular weight is 177 g/mol. The summed E-state index contributed by atoms with van der Waals surface area (Å²) in [6, 6.07) is 2.47. The van der Waals surface area contributed by atoms with E-state index in [2.05, 4.69) is 6.07 Å². The van der Waals surface area contributed by atoms with Crippen molar-refractivity contribution in [2.45, 2.75) is 44.1 Å². The molecule has 0 spiro atoms. The van der Waals surface area contributed by atoms with Crippen molar-refractivity contribution in [3.05, 3.63) is 0 Å². The molecule has 2 atom stereocenters. The molecule has 0 unspecified atom stereocenters. The molecule has 70 valence electrons. The smallest absolute Gasteiger partial charge is 0.0691 e. The van der Waals surface area contributed by atoms with Crippen LogP contribution in [0.1, 0.15) is 38.5 Å². The second-order valence-corrected chi connectivity index (χ2v) is 5.58. The van der Waals surface area contributed by atoms with Gasteiger partial charge in [0.2, 0.25) is 0 Å². The molecule has 4 aliphatic rings. The van der Waals surface area contributed by atoms with Gasteiger partial charge in [0.1, 0.15) is 0 Å². The maximum absolute atomic E-state index is 10.2. The van der Waals surface area contributed by atoms with E-state index in [0.717, 1.165) is 32.1 Å². The molecule has 4 bridgehead atoms. The molecular formula is C11H15NO. The van der Waals surface area contributed by atoms with Gasteiger partial charge in [-0.05, 0) is 50.4 Å². The number of hydrogen-bond donors (Lipinski definition) is 1. The fourth-order valence-corrected chi connectivity index (χ4v) is 4.34. The van der Waals surface area contributed by atoms with Gasteiger partial charge < -0.3 is 5.11 Å². The molecule has 0 aromatic rings. The van der Waals surface area contributed by atoms with Crippen LogP contribution in [-0.4, -0.2) is 10.7 Å². The van der Waals surface area contributed by atoms with Gasteiger partial charge in [-0.25, -0.2) is 0 Å². The highest BCUT2D eigenvalue weighted by Gasteiger charge is 2.57. The van der Waals surface area contributed by atoms with Crippen LogP contribution in [0.4, 0.5) is 0 Å². The van der Waals surface area contributed by atoms with Crippen LogP contribution in [0.2, 0.25) is 0 Å². The summed E-state index contributed by atoms with van der Waals surface area (Å²) < 4.78 is 0. The minimum atomic E-state index is -0.459. The Kier molecular flexibility index (Phi) is 1.26. The third-order valence-corrected chi connectivity index (χ3v) is 4.27. The predicted molar refractivity (Wildman–Crippen MR) is 47.7 cm³/mol. The standard InChI is InChI=1S/C11H15NO/c12-7-10-2-8-1-9(3-10)5-11(13,4-8)6-10/h8-9,13H,1-6H2/t8-,9-,10?,11?/m1/s1. The van der Waals surface area contributed by atoms with Crippen LogP contribution in [0.3, 0.4) is 0 Å². The van der Waals surface area contributed by atoms with Crippen molar-refractivity contribution in [2.24, 2.45) is 17.3 Å². The van der Waals surface area contributed by atoms with E-state index >= 15 is 0 Å². The molecule has 0 amide bonds. The molecule has 1 N–H and O–H groups in total. The Morgan fingerprint density at radius 3 is 2.23 bits per heavy atom. The molecule has 0 aliphatic heterocycles. The second kappa shape index (κ2) is 2.09. The minimum Gasteiger partial charge on any atom is -0.390 e. The second-order valence-electron chi connectivity index (χ2n) is 5.58. The molecule has 2 nitrogen and oxygen atoms in total. The average Bonchev–Trinajstić information content (AvgIpc) is 1.99. The van der Waals surface area contributed by atoms with E-state index in [1.54, 1.807) is 0 Å². The van der Waals surface area contributed by atoms with Crippen LogP contribution < -0.4 is 0 Å². The van der Waals surface area contributed by atoms with Crippen molar-refractivity contribution in [3.63, 3.8) is 0 Å². The SMILES string of the molecule is N#CC12C[C@H]3C[C@@H](CC(O)(C3)C1)C2. The van der Waals surface area contributed by atoms with Gasteiger partial charge in [0.25, 0.3) is 0 Å². The molecule has 0 aromatic heterocycles.